The molecule has 0 unspecified atom stereocenters. The van der Waals surface area contributed by atoms with Gasteiger partial charge in [-0.3, -0.25) is 15.0 Å². The van der Waals surface area contributed by atoms with Crippen LogP contribution in [0, 0.1) is 5.41 Å². The van der Waals surface area contributed by atoms with Crippen molar-refractivity contribution in [3.8, 4) is 5.75 Å². The van der Waals surface area contributed by atoms with Gasteiger partial charge in [-0.1, -0.05) is 6.07 Å². The number of hydrogen-bond acceptors (Lipinski definition) is 8. The van der Waals surface area contributed by atoms with Crippen molar-refractivity contribution in [1.29, 1.82) is 0 Å². The first-order valence-corrected chi connectivity index (χ1v) is 13.5. The molecule has 1 saturated carbocycles. The molecule has 2 amide bonds. The number of carbonyl (C=O) groups is 2. The van der Waals surface area contributed by atoms with E-state index in [0.717, 1.165) is 44.6 Å². The summed E-state index contributed by atoms with van der Waals surface area (Å²) in [5, 5.41) is 1.69. The first kappa shape index (κ1) is 26.2. The SMILES string of the molecule is COc1cccc(C(=O)N(Nc2ncc3c(n2)N(C2CCC2)CC(C)(C)C(=O)N3C)C2CCN(C)CC2)c1. The molecule has 0 spiro atoms. The Morgan fingerprint density at radius 3 is 2.55 bits per heavy atom. The number of ether oxygens (including phenoxy) is 1. The molecule has 0 radical (unpaired) electrons. The lowest BCUT2D eigenvalue weighted by Gasteiger charge is -2.41. The Hall–Kier alpha value is -3.40. The lowest BCUT2D eigenvalue weighted by atomic mass is 9.87. The highest BCUT2D eigenvalue weighted by Crippen LogP contribution is 2.41. The summed E-state index contributed by atoms with van der Waals surface area (Å²) in [6.45, 7) is 6.37. The van der Waals surface area contributed by atoms with Gasteiger partial charge in [-0.25, -0.2) is 9.99 Å². The number of rotatable bonds is 6. The van der Waals surface area contributed by atoms with E-state index < -0.39 is 5.41 Å². The van der Waals surface area contributed by atoms with Crippen LogP contribution in [0.1, 0.15) is 56.3 Å². The van der Waals surface area contributed by atoms with Crippen molar-refractivity contribution in [2.75, 3.05) is 56.1 Å². The fourth-order valence-corrected chi connectivity index (χ4v) is 5.56. The van der Waals surface area contributed by atoms with Crippen LogP contribution in [0.3, 0.4) is 0 Å². The molecule has 1 saturated heterocycles. The van der Waals surface area contributed by atoms with E-state index in [1.165, 1.54) is 6.42 Å². The van der Waals surface area contributed by atoms with E-state index in [2.05, 4.69) is 27.3 Å². The second kappa shape index (κ2) is 10.4. The van der Waals surface area contributed by atoms with Crippen LogP contribution in [-0.2, 0) is 4.79 Å². The molecular formula is C28H39N7O3. The molecule has 204 valence electrons. The van der Waals surface area contributed by atoms with Gasteiger partial charge in [-0.15, -0.1) is 0 Å². The molecule has 10 heteroatoms. The average molecular weight is 522 g/mol. The van der Waals surface area contributed by atoms with Gasteiger partial charge in [0.25, 0.3) is 5.91 Å². The summed E-state index contributed by atoms with van der Waals surface area (Å²) in [7, 11) is 5.49. The Balaban J connectivity index is 1.50. The molecule has 2 aliphatic heterocycles. The third-order valence-corrected chi connectivity index (χ3v) is 8.16. The minimum atomic E-state index is -0.554. The average Bonchev–Trinajstić information content (AvgIpc) is 2.95. The van der Waals surface area contributed by atoms with Gasteiger partial charge in [0, 0.05) is 25.2 Å². The Morgan fingerprint density at radius 1 is 1.16 bits per heavy atom. The molecular weight excluding hydrogens is 482 g/mol. The van der Waals surface area contributed by atoms with Crippen LogP contribution >= 0.6 is 0 Å². The molecule has 10 nitrogen and oxygen atoms in total. The Kier molecular flexibility index (Phi) is 7.17. The Morgan fingerprint density at radius 2 is 1.89 bits per heavy atom. The van der Waals surface area contributed by atoms with E-state index in [-0.39, 0.29) is 17.9 Å². The van der Waals surface area contributed by atoms with Gasteiger partial charge in [0.2, 0.25) is 11.9 Å². The van der Waals surface area contributed by atoms with E-state index in [1.54, 1.807) is 42.4 Å². The van der Waals surface area contributed by atoms with Crippen molar-refractivity contribution in [2.24, 2.45) is 5.41 Å². The van der Waals surface area contributed by atoms with Gasteiger partial charge in [0.1, 0.15) is 11.4 Å². The summed E-state index contributed by atoms with van der Waals surface area (Å²) in [6, 6.07) is 7.53. The van der Waals surface area contributed by atoms with Crippen LogP contribution in [0.4, 0.5) is 17.5 Å². The van der Waals surface area contributed by atoms with Crippen LogP contribution in [0.25, 0.3) is 0 Å². The topological polar surface area (TPSA) is 94.1 Å². The zero-order valence-electron chi connectivity index (χ0n) is 23.1. The molecule has 5 rings (SSSR count). The number of benzene rings is 1. The molecule has 0 atom stereocenters. The molecule has 0 bridgehead atoms. The molecule has 2 fully saturated rings. The standard InChI is InChI=1S/C28H39N7O3/c1-28(2)18-34(20-9-7-10-20)24-23(33(4)26(28)37)17-29-27(30-24)31-35(21-12-14-32(3)15-13-21)25(36)19-8-6-11-22(16-19)38-5/h6,8,11,16-17,20-21H,7,9-10,12-15,18H2,1-5H3,(H,29,30,31). The van der Waals surface area contributed by atoms with Crippen LogP contribution in [0.5, 0.6) is 5.75 Å². The van der Waals surface area contributed by atoms with Crippen LogP contribution in [0.2, 0.25) is 0 Å². The highest BCUT2D eigenvalue weighted by molar-refractivity contribution is 6.01. The van der Waals surface area contributed by atoms with Crippen LogP contribution in [0.15, 0.2) is 30.5 Å². The second-order valence-corrected chi connectivity index (χ2v) is 11.4. The van der Waals surface area contributed by atoms with E-state index in [4.69, 9.17) is 9.72 Å². The smallest absolute Gasteiger partial charge is 0.272 e. The largest absolute Gasteiger partial charge is 0.497 e. The van der Waals surface area contributed by atoms with E-state index in [0.29, 0.717) is 35.5 Å². The summed E-state index contributed by atoms with van der Waals surface area (Å²) in [4.78, 5) is 42.8. The number of hydrazine groups is 1. The normalized spacial score (nSPS) is 20.4. The highest BCUT2D eigenvalue weighted by atomic mass is 16.5. The minimum Gasteiger partial charge on any atom is -0.497 e. The van der Waals surface area contributed by atoms with Gasteiger partial charge >= 0.3 is 0 Å². The summed E-state index contributed by atoms with van der Waals surface area (Å²) in [6.07, 6.45) is 6.72. The number of amides is 2. The number of methoxy groups -OCH3 is 1. The maximum atomic E-state index is 13.8. The summed E-state index contributed by atoms with van der Waals surface area (Å²) >= 11 is 0. The van der Waals surface area contributed by atoms with Crippen molar-refractivity contribution in [2.45, 2.75) is 58.0 Å². The maximum absolute atomic E-state index is 13.8. The van der Waals surface area contributed by atoms with E-state index in [9.17, 15) is 9.59 Å². The van der Waals surface area contributed by atoms with Gasteiger partial charge in [-0.2, -0.15) is 4.98 Å². The predicted octanol–water partition coefficient (Wildman–Crippen LogP) is 3.41. The summed E-state index contributed by atoms with van der Waals surface area (Å²) < 4.78 is 5.36. The molecule has 1 aliphatic carbocycles. The number of nitrogens with one attached hydrogen (secondary N) is 1. The van der Waals surface area contributed by atoms with Gasteiger partial charge in [0.05, 0.1) is 24.8 Å². The zero-order chi connectivity index (χ0) is 27.0. The number of nitrogens with zero attached hydrogens (tertiary/aromatic N) is 6. The molecule has 1 aromatic carbocycles. The lowest BCUT2D eigenvalue weighted by Crippen LogP contribution is -2.49. The predicted molar refractivity (Wildman–Crippen MR) is 148 cm³/mol. The number of likely N-dealkylation sites (tertiary alicyclic amines) is 1. The van der Waals surface area contributed by atoms with E-state index >= 15 is 0 Å². The lowest BCUT2D eigenvalue weighted by molar-refractivity contribution is -0.125. The number of carbonyl (C=O) groups excluding carboxylic acids is 2. The molecule has 38 heavy (non-hydrogen) atoms. The third kappa shape index (κ3) is 5.01. The second-order valence-electron chi connectivity index (χ2n) is 11.4. The van der Waals surface area contributed by atoms with Crippen molar-refractivity contribution in [1.82, 2.24) is 19.9 Å². The zero-order valence-corrected chi connectivity index (χ0v) is 23.1. The van der Waals surface area contributed by atoms with Crippen molar-refractivity contribution >= 4 is 29.3 Å². The van der Waals surface area contributed by atoms with Crippen molar-refractivity contribution in [3.63, 3.8) is 0 Å². The Labute approximate surface area is 224 Å². The highest BCUT2D eigenvalue weighted by Gasteiger charge is 2.42. The number of piperidine rings is 1. The summed E-state index contributed by atoms with van der Waals surface area (Å²) in [5.74, 6) is 1.62. The molecule has 1 N–H and O–H groups in total. The fraction of sp³-hybridized carbons (Fsp3) is 0.571. The number of fused-ring (bicyclic) bond motifs is 1. The van der Waals surface area contributed by atoms with Crippen molar-refractivity contribution < 1.29 is 14.3 Å². The van der Waals surface area contributed by atoms with Crippen LogP contribution < -0.4 is 20.0 Å². The number of anilines is 3. The van der Waals surface area contributed by atoms with E-state index in [1.807, 2.05) is 26.0 Å². The van der Waals surface area contributed by atoms with Gasteiger partial charge in [-0.05, 0) is 84.3 Å². The number of hydrogen-bond donors (Lipinski definition) is 1. The van der Waals surface area contributed by atoms with Crippen LogP contribution in [-0.4, -0.2) is 84.6 Å². The first-order valence-electron chi connectivity index (χ1n) is 13.5. The molecule has 3 heterocycles. The first-order chi connectivity index (χ1) is 18.2. The Bertz CT molecular complexity index is 1190. The fourth-order valence-electron chi connectivity index (χ4n) is 5.56. The third-order valence-electron chi connectivity index (χ3n) is 8.16. The number of aromatic nitrogens is 2. The van der Waals surface area contributed by atoms with Crippen molar-refractivity contribution in [3.05, 3.63) is 36.0 Å². The van der Waals surface area contributed by atoms with Gasteiger partial charge in [0.15, 0.2) is 5.82 Å². The quantitative estimate of drug-likeness (QED) is 0.578. The monoisotopic (exact) mass is 521 g/mol. The molecule has 2 aromatic rings. The maximum Gasteiger partial charge on any atom is 0.272 e. The minimum absolute atomic E-state index is 0.0155. The van der Waals surface area contributed by atoms with Gasteiger partial charge < -0.3 is 19.4 Å². The molecule has 1 aromatic heterocycles. The molecule has 3 aliphatic rings. The summed E-state index contributed by atoms with van der Waals surface area (Å²) in [5.41, 5.74) is 3.96.